The smallest absolute Gasteiger partial charge is 0.410 e. The average Bonchev–Trinajstić information content (AvgIpc) is 3.30. The van der Waals surface area contributed by atoms with Crippen molar-refractivity contribution in [2.45, 2.75) is 57.7 Å². The number of nitrogens with zero attached hydrogens (tertiary/aromatic N) is 5. The molecule has 1 saturated heterocycles. The summed E-state index contributed by atoms with van der Waals surface area (Å²) in [6.07, 6.45) is 6.67. The maximum Gasteiger partial charge on any atom is 0.410 e. The van der Waals surface area contributed by atoms with E-state index in [1.165, 1.54) is 6.20 Å². The summed E-state index contributed by atoms with van der Waals surface area (Å²) in [5.74, 6) is 0.108. The minimum Gasteiger partial charge on any atom is -0.444 e. The molecule has 3 aliphatic rings. The van der Waals surface area contributed by atoms with Crippen LogP contribution in [-0.2, 0) is 37.6 Å². The molecular formula is C34H35N7O4. The Balaban J connectivity index is 1.15. The zero-order valence-electron chi connectivity index (χ0n) is 25.8. The number of nitrogens with one attached hydrogen (secondary N) is 2. The van der Waals surface area contributed by atoms with Crippen molar-refractivity contribution >= 4 is 17.9 Å². The molecule has 7 rings (SSSR count). The molecule has 1 aliphatic carbocycles. The van der Waals surface area contributed by atoms with Crippen LogP contribution in [-0.4, -0.2) is 66.6 Å². The molecule has 0 bridgehead atoms. The van der Waals surface area contributed by atoms with E-state index in [0.717, 1.165) is 33.8 Å². The molecule has 2 N–H and O–H groups in total. The Kier molecular flexibility index (Phi) is 6.72. The molecular weight excluding hydrogens is 570 g/mol. The fourth-order valence-corrected chi connectivity index (χ4v) is 6.58. The van der Waals surface area contributed by atoms with Crippen molar-refractivity contribution in [2.24, 2.45) is 7.05 Å². The molecule has 0 saturated carbocycles. The number of ether oxygens (including phenoxy) is 1. The molecule has 0 radical (unpaired) electrons. The number of rotatable bonds is 4. The molecule has 2 aliphatic heterocycles. The number of fused-ring (bicyclic) bond motifs is 5. The highest BCUT2D eigenvalue weighted by Gasteiger charge is 2.52. The number of aromatic nitrogens is 4. The standard InChI is InChI=1S/C34H35N7O4/c1-33(2,3)45-32(44)41-18-34(19-41)13-25-26(31(43)39-34)24-11-10-21-17-36-29(38-27(21)28(24)40(25)4)22-12-23(16-35-15-22)30(42)37-14-20-8-6-5-7-9-20/h5-9,12,15-17H,10-11,13-14,18-19H2,1-4H3,(H,37,42)(H,39,43). The van der Waals surface area contributed by atoms with Gasteiger partial charge in [-0.2, -0.15) is 0 Å². The van der Waals surface area contributed by atoms with Gasteiger partial charge in [-0.1, -0.05) is 30.3 Å². The van der Waals surface area contributed by atoms with Gasteiger partial charge in [-0.3, -0.25) is 14.6 Å². The summed E-state index contributed by atoms with van der Waals surface area (Å²) in [6.45, 7) is 6.73. The molecule has 3 amide bonds. The van der Waals surface area contributed by atoms with E-state index in [9.17, 15) is 14.4 Å². The Morgan fingerprint density at radius 3 is 2.62 bits per heavy atom. The lowest BCUT2D eigenvalue weighted by Crippen LogP contribution is -2.74. The summed E-state index contributed by atoms with van der Waals surface area (Å²) < 4.78 is 7.61. The molecule has 45 heavy (non-hydrogen) atoms. The van der Waals surface area contributed by atoms with Crippen molar-refractivity contribution in [1.29, 1.82) is 0 Å². The number of carbonyl (C=O) groups excluding carboxylic acids is 3. The minimum atomic E-state index is -0.583. The van der Waals surface area contributed by atoms with Gasteiger partial charge in [0.2, 0.25) is 0 Å². The third-order valence-corrected chi connectivity index (χ3v) is 8.65. The first-order valence-corrected chi connectivity index (χ1v) is 15.1. The van der Waals surface area contributed by atoms with Crippen LogP contribution in [0.5, 0.6) is 0 Å². The van der Waals surface area contributed by atoms with Gasteiger partial charge in [-0.05, 0) is 56.4 Å². The lowest BCUT2D eigenvalue weighted by molar-refractivity contribution is -0.0170. The van der Waals surface area contributed by atoms with E-state index in [0.29, 0.717) is 61.4 Å². The van der Waals surface area contributed by atoms with E-state index in [4.69, 9.17) is 9.72 Å². The molecule has 0 unspecified atom stereocenters. The zero-order chi connectivity index (χ0) is 31.5. The normalized spacial score (nSPS) is 16.2. The summed E-state index contributed by atoms with van der Waals surface area (Å²) in [5, 5.41) is 6.16. The fourth-order valence-electron chi connectivity index (χ4n) is 6.58. The molecule has 4 aromatic rings. The summed E-state index contributed by atoms with van der Waals surface area (Å²) in [6, 6.07) is 11.5. The molecule has 11 heteroatoms. The third kappa shape index (κ3) is 5.22. The second-order valence-corrected chi connectivity index (χ2v) is 13.2. The highest BCUT2D eigenvalue weighted by Crippen LogP contribution is 2.42. The second-order valence-electron chi connectivity index (χ2n) is 13.2. The van der Waals surface area contributed by atoms with Crippen LogP contribution in [0.15, 0.2) is 55.0 Å². The Bertz CT molecular complexity index is 1850. The number of amides is 3. The summed E-state index contributed by atoms with van der Waals surface area (Å²) in [5.41, 5.74) is 6.27. The van der Waals surface area contributed by atoms with E-state index in [1.807, 2.05) is 64.3 Å². The summed E-state index contributed by atoms with van der Waals surface area (Å²) >= 11 is 0. The van der Waals surface area contributed by atoms with E-state index in [2.05, 4.69) is 25.2 Å². The van der Waals surface area contributed by atoms with E-state index >= 15 is 0 Å². The summed E-state index contributed by atoms with van der Waals surface area (Å²) in [4.78, 5) is 54.7. The van der Waals surface area contributed by atoms with Gasteiger partial charge in [0, 0.05) is 63.0 Å². The maximum absolute atomic E-state index is 13.6. The molecule has 3 aromatic heterocycles. The van der Waals surface area contributed by atoms with Crippen LogP contribution in [0.4, 0.5) is 4.79 Å². The topological polar surface area (TPSA) is 131 Å². The van der Waals surface area contributed by atoms with Gasteiger partial charge in [0.15, 0.2) is 5.82 Å². The Morgan fingerprint density at radius 2 is 1.87 bits per heavy atom. The number of likely N-dealkylation sites (tertiary alicyclic amines) is 1. The van der Waals surface area contributed by atoms with Crippen molar-refractivity contribution in [3.05, 3.63) is 88.5 Å². The average molecular weight is 606 g/mol. The lowest BCUT2D eigenvalue weighted by Gasteiger charge is -2.51. The van der Waals surface area contributed by atoms with Crippen molar-refractivity contribution < 1.29 is 19.1 Å². The highest BCUT2D eigenvalue weighted by atomic mass is 16.6. The first-order valence-electron chi connectivity index (χ1n) is 15.1. The van der Waals surface area contributed by atoms with Gasteiger partial charge in [-0.25, -0.2) is 14.8 Å². The Hall–Kier alpha value is -5.06. The number of pyridine rings is 1. The number of hydrogen-bond acceptors (Lipinski definition) is 7. The number of aryl methyl sites for hydroxylation is 1. The second kappa shape index (κ2) is 10.5. The monoisotopic (exact) mass is 605 g/mol. The molecule has 1 aromatic carbocycles. The predicted octanol–water partition coefficient (Wildman–Crippen LogP) is 3.85. The van der Waals surface area contributed by atoms with Gasteiger partial charge in [-0.15, -0.1) is 0 Å². The highest BCUT2D eigenvalue weighted by molar-refractivity contribution is 6.01. The molecule has 5 heterocycles. The number of hydrogen-bond donors (Lipinski definition) is 2. The Labute approximate surface area is 261 Å². The van der Waals surface area contributed by atoms with Crippen molar-refractivity contribution in [2.75, 3.05) is 13.1 Å². The van der Waals surface area contributed by atoms with E-state index in [-0.39, 0.29) is 17.9 Å². The van der Waals surface area contributed by atoms with Crippen LogP contribution in [0.2, 0.25) is 0 Å². The van der Waals surface area contributed by atoms with E-state index in [1.54, 1.807) is 17.2 Å². The van der Waals surface area contributed by atoms with E-state index < -0.39 is 11.1 Å². The van der Waals surface area contributed by atoms with Crippen molar-refractivity contribution in [1.82, 2.24) is 35.1 Å². The molecule has 1 spiro atoms. The zero-order valence-corrected chi connectivity index (χ0v) is 25.8. The summed E-state index contributed by atoms with van der Waals surface area (Å²) in [7, 11) is 1.98. The quantitative estimate of drug-likeness (QED) is 0.361. The third-order valence-electron chi connectivity index (χ3n) is 8.65. The van der Waals surface area contributed by atoms with Crippen LogP contribution in [0.25, 0.3) is 22.8 Å². The minimum absolute atomic E-state index is 0.118. The fraction of sp³-hybridized carbons (Fsp3) is 0.353. The maximum atomic E-state index is 13.6. The largest absolute Gasteiger partial charge is 0.444 e. The van der Waals surface area contributed by atoms with Gasteiger partial charge >= 0.3 is 6.09 Å². The lowest BCUT2D eigenvalue weighted by atomic mass is 9.80. The van der Waals surface area contributed by atoms with Crippen LogP contribution in [0.3, 0.4) is 0 Å². The van der Waals surface area contributed by atoms with Crippen LogP contribution in [0.1, 0.15) is 63.9 Å². The van der Waals surface area contributed by atoms with Gasteiger partial charge in [0.1, 0.15) is 5.60 Å². The molecule has 11 nitrogen and oxygen atoms in total. The van der Waals surface area contributed by atoms with Gasteiger partial charge < -0.3 is 24.8 Å². The van der Waals surface area contributed by atoms with Crippen molar-refractivity contribution in [3.63, 3.8) is 0 Å². The first kappa shape index (κ1) is 28.7. The molecule has 0 atom stereocenters. The van der Waals surface area contributed by atoms with Gasteiger partial charge in [0.05, 0.1) is 28.1 Å². The van der Waals surface area contributed by atoms with Crippen LogP contribution < -0.4 is 10.6 Å². The van der Waals surface area contributed by atoms with Crippen molar-refractivity contribution in [3.8, 4) is 22.8 Å². The first-order chi connectivity index (χ1) is 21.5. The Morgan fingerprint density at radius 1 is 1.09 bits per heavy atom. The number of benzene rings is 1. The number of carbonyl (C=O) groups is 3. The molecule has 230 valence electrons. The molecule has 1 fully saturated rings. The van der Waals surface area contributed by atoms with Gasteiger partial charge in [0.25, 0.3) is 11.8 Å². The van der Waals surface area contributed by atoms with Crippen LogP contribution in [0, 0.1) is 0 Å². The SMILES string of the molecule is Cn1c2c(c3c1-c1nc(-c4cncc(C(=O)NCc5ccccc5)c4)ncc1CC3)C(=O)NC1(C2)CN(C(=O)OC(C)(C)C)C1. The van der Waals surface area contributed by atoms with Crippen LogP contribution >= 0.6 is 0 Å². The predicted molar refractivity (Wildman–Crippen MR) is 166 cm³/mol.